The lowest BCUT2D eigenvalue weighted by atomic mass is 9.83. The SMILES string of the molecule is C=Cc1cc(C(C)(C)C)c2ccc(=[N+](CCOC)CCOC)cc-2o1. The van der Waals surface area contributed by atoms with Crippen molar-refractivity contribution in [1.29, 1.82) is 0 Å². The molecule has 0 N–H and O–H groups in total. The maximum atomic E-state index is 6.04. The first-order valence-electron chi connectivity index (χ1n) is 8.67. The van der Waals surface area contributed by atoms with Gasteiger partial charge in [-0.15, -0.1) is 0 Å². The van der Waals surface area contributed by atoms with Gasteiger partial charge in [0.2, 0.25) is 5.36 Å². The highest BCUT2D eigenvalue weighted by Crippen LogP contribution is 2.35. The molecule has 2 rings (SSSR count). The van der Waals surface area contributed by atoms with Crippen LogP contribution in [0.3, 0.4) is 0 Å². The van der Waals surface area contributed by atoms with Crippen molar-refractivity contribution in [2.45, 2.75) is 26.2 Å². The smallest absolute Gasteiger partial charge is 0.203 e. The van der Waals surface area contributed by atoms with E-state index in [0.717, 1.165) is 35.5 Å². The molecular weight excluding hydrogens is 314 g/mol. The Hall–Kier alpha value is -1.91. The third-order valence-electron chi connectivity index (χ3n) is 4.27. The molecule has 4 nitrogen and oxygen atoms in total. The predicted octanol–water partition coefficient (Wildman–Crippen LogP) is 3.39. The number of methoxy groups -OCH3 is 2. The first-order chi connectivity index (χ1) is 11.9. The largest absolute Gasteiger partial charge is 0.456 e. The van der Waals surface area contributed by atoms with Crippen molar-refractivity contribution in [1.82, 2.24) is 4.58 Å². The Morgan fingerprint density at radius 2 is 1.72 bits per heavy atom. The summed E-state index contributed by atoms with van der Waals surface area (Å²) in [5, 5.41) is 1.10. The number of fused-ring (bicyclic) bond motifs is 1. The van der Waals surface area contributed by atoms with Crippen LogP contribution in [0, 0.1) is 0 Å². The first kappa shape index (κ1) is 19.4. The molecule has 1 heterocycles. The van der Waals surface area contributed by atoms with Gasteiger partial charge in [0, 0.05) is 25.8 Å². The molecule has 0 spiro atoms. The van der Waals surface area contributed by atoms with Crippen LogP contribution in [0.25, 0.3) is 17.4 Å². The Morgan fingerprint density at radius 1 is 1.08 bits per heavy atom. The Bertz CT molecular complexity index is 743. The van der Waals surface area contributed by atoms with E-state index in [1.165, 1.54) is 5.56 Å². The Morgan fingerprint density at radius 3 is 2.24 bits per heavy atom. The van der Waals surface area contributed by atoms with Crippen molar-refractivity contribution in [3.05, 3.63) is 47.5 Å². The average Bonchev–Trinajstić information content (AvgIpc) is 2.59. The molecule has 0 unspecified atom stereocenters. The summed E-state index contributed by atoms with van der Waals surface area (Å²) in [6, 6.07) is 8.48. The molecule has 0 radical (unpaired) electrons. The van der Waals surface area contributed by atoms with E-state index in [1.54, 1.807) is 20.3 Å². The van der Waals surface area contributed by atoms with Crippen molar-refractivity contribution in [3.8, 4) is 11.3 Å². The van der Waals surface area contributed by atoms with E-state index in [1.807, 2.05) is 0 Å². The number of nitrogens with zero attached hydrogens (tertiary/aromatic N) is 1. The van der Waals surface area contributed by atoms with Gasteiger partial charge in [0.15, 0.2) is 13.1 Å². The second kappa shape index (κ2) is 8.45. The van der Waals surface area contributed by atoms with Gasteiger partial charge in [-0.25, -0.2) is 4.58 Å². The van der Waals surface area contributed by atoms with E-state index in [2.05, 4.69) is 56.2 Å². The van der Waals surface area contributed by atoms with E-state index in [-0.39, 0.29) is 5.41 Å². The van der Waals surface area contributed by atoms with Crippen LogP contribution in [0.15, 0.2) is 35.3 Å². The summed E-state index contributed by atoms with van der Waals surface area (Å²) in [7, 11) is 3.44. The predicted molar refractivity (Wildman–Crippen MR) is 103 cm³/mol. The van der Waals surface area contributed by atoms with Crippen LogP contribution < -0.4 is 9.93 Å². The highest BCUT2D eigenvalue weighted by molar-refractivity contribution is 5.66. The maximum absolute atomic E-state index is 6.04. The number of ether oxygens (including phenoxy) is 2. The molecule has 0 bridgehead atoms. The van der Waals surface area contributed by atoms with Crippen molar-refractivity contribution < 1.29 is 13.9 Å². The van der Waals surface area contributed by atoms with E-state index in [9.17, 15) is 0 Å². The van der Waals surface area contributed by atoms with E-state index >= 15 is 0 Å². The molecule has 0 saturated heterocycles. The number of hydrogen-bond donors (Lipinski definition) is 0. The molecule has 0 saturated carbocycles. The van der Waals surface area contributed by atoms with Crippen molar-refractivity contribution >= 4 is 6.08 Å². The molecular formula is C21H30NO3+. The Kier molecular flexibility index (Phi) is 6.57. The van der Waals surface area contributed by atoms with Gasteiger partial charge in [-0.1, -0.05) is 27.4 Å². The third kappa shape index (κ3) is 4.80. The highest BCUT2D eigenvalue weighted by Gasteiger charge is 2.23. The highest BCUT2D eigenvalue weighted by atomic mass is 16.5. The van der Waals surface area contributed by atoms with E-state index in [0.29, 0.717) is 13.2 Å². The van der Waals surface area contributed by atoms with Crippen molar-refractivity contribution in [2.75, 3.05) is 40.5 Å². The standard InChI is InChI=1S/C21H30NO3/c1-7-17-15-19(21(2,3)4)18-9-8-16(14-20(18)25-17)22(10-12-23-5)11-13-24-6/h7-9,14-15H,1,10-13H2,2-6H3/q+1. The topological polar surface area (TPSA) is 34.6 Å². The fourth-order valence-corrected chi connectivity index (χ4v) is 2.89. The van der Waals surface area contributed by atoms with Crippen LogP contribution >= 0.6 is 0 Å². The lowest BCUT2D eigenvalue weighted by Crippen LogP contribution is -2.35. The molecule has 4 heteroatoms. The van der Waals surface area contributed by atoms with Crippen LogP contribution in [0.4, 0.5) is 0 Å². The van der Waals surface area contributed by atoms with Gasteiger partial charge < -0.3 is 13.9 Å². The molecule has 25 heavy (non-hydrogen) atoms. The second-order valence-electron chi connectivity index (χ2n) is 7.17. The van der Waals surface area contributed by atoms with Gasteiger partial charge in [0.1, 0.15) is 24.7 Å². The lowest BCUT2D eigenvalue weighted by molar-refractivity contribution is 0.170. The normalized spacial score (nSPS) is 11.7. The summed E-state index contributed by atoms with van der Waals surface area (Å²) in [5.74, 6) is 1.66. The fourth-order valence-electron chi connectivity index (χ4n) is 2.89. The summed E-state index contributed by atoms with van der Waals surface area (Å²) in [5.41, 5.74) is 2.43. The van der Waals surface area contributed by atoms with Crippen LogP contribution in [0.5, 0.6) is 0 Å². The summed E-state index contributed by atoms with van der Waals surface area (Å²) in [6.07, 6.45) is 1.76. The second-order valence-corrected chi connectivity index (χ2v) is 7.17. The Labute approximate surface area is 150 Å². The molecule has 2 aliphatic rings. The van der Waals surface area contributed by atoms with Gasteiger partial charge in [0.05, 0.1) is 6.07 Å². The minimum Gasteiger partial charge on any atom is -0.456 e. The zero-order chi connectivity index (χ0) is 18.4. The maximum Gasteiger partial charge on any atom is 0.203 e. The monoisotopic (exact) mass is 344 g/mol. The molecule has 1 aliphatic carbocycles. The summed E-state index contributed by atoms with van der Waals surface area (Å²) < 4.78 is 18.8. The Balaban J connectivity index is 2.65. The summed E-state index contributed by atoms with van der Waals surface area (Å²) >= 11 is 0. The van der Waals surface area contributed by atoms with Crippen LogP contribution in [-0.4, -0.2) is 40.5 Å². The molecule has 136 valence electrons. The number of hydrogen-bond acceptors (Lipinski definition) is 3. The average molecular weight is 344 g/mol. The zero-order valence-corrected chi connectivity index (χ0v) is 16.1. The van der Waals surface area contributed by atoms with Crippen molar-refractivity contribution in [3.63, 3.8) is 0 Å². The third-order valence-corrected chi connectivity index (χ3v) is 4.27. The minimum absolute atomic E-state index is 0.0279. The van der Waals surface area contributed by atoms with E-state index < -0.39 is 0 Å². The molecule has 0 aromatic carbocycles. The number of benzene rings is 1. The minimum atomic E-state index is 0.0279. The number of rotatable bonds is 7. The molecule has 1 aliphatic heterocycles. The van der Waals surface area contributed by atoms with Crippen LogP contribution in [-0.2, 0) is 14.9 Å². The van der Waals surface area contributed by atoms with Gasteiger partial charge in [0.25, 0.3) is 0 Å². The summed E-state index contributed by atoms with van der Waals surface area (Å²) in [4.78, 5) is 0. The summed E-state index contributed by atoms with van der Waals surface area (Å²) in [6.45, 7) is 13.4. The zero-order valence-electron chi connectivity index (χ0n) is 16.1. The first-order valence-corrected chi connectivity index (χ1v) is 8.67. The van der Waals surface area contributed by atoms with Gasteiger partial charge >= 0.3 is 0 Å². The molecule has 0 fully saturated rings. The lowest BCUT2D eigenvalue weighted by Gasteiger charge is -2.24. The quantitative estimate of drug-likeness (QED) is 0.722. The van der Waals surface area contributed by atoms with Crippen LogP contribution in [0.1, 0.15) is 32.1 Å². The van der Waals surface area contributed by atoms with Gasteiger partial charge in [-0.05, 0) is 29.2 Å². The van der Waals surface area contributed by atoms with Crippen molar-refractivity contribution in [2.24, 2.45) is 0 Å². The molecule has 0 aromatic rings. The van der Waals surface area contributed by atoms with Gasteiger partial charge in [-0.2, -0.15) is 0 Å². The molecule has 0 aromatic heterocycles. The van der Waals surface area contributed by atoms with Gasteiger partial charge in [-0.3, -0.25) is 0 Å². The fraction of sp³-hybridized carbons (Fsp3) is 0.476. The molecule has 0 amide bonds. The molecule has 0 atom stereocenters. The van der Waals surface area contributed by atoms with Crippen LogP contribution in [0.2, 0.25) is 0 Å². The van der Waals surface area contributed by atoms with E-state index in [4.69, 9.17) is 13.9 Å².